The Bertz CT molecular complexity index is 553. The van der Waals surface area contributed by atoms with Crippen molar-refractivity contribution >= 4 is 15.8 Å². The van der Waals surface area contributed by atoms with E-state index in [1.807, 2.05) is 14.1 Å². The summed E-state index contributed by atoms with van der Waals surface area (Å²) in [7, 11) is 0.496. The number of pyridine rings is 1. The minimum absolute atomic E-state index is 0.130. The molecule has 1 aliphatic rings. The number of nitrogen functional groups attached to an aromatic ring is 1. The molecule has 0 amide bonds. The topological polar surface area (TPSA) is 91.6 Å². The number of hydrazine groups is 1. The van der Waals surface area contributed by atoms with Crippen molar-refractivity contribution in [2.24, 2.45) is 5.84 Å². The van der Waals surface area contributed by atoms with Crippen molar-refractivity contribution in [1.82, 2.24) is 14.2 Å². The molecule has 2 heterocycles. The molecule has 0 aromatic carbocycles. The molecule has 1 aliphatic heterocycles. The number of nitrogens with two attached hydrogens (primary N) is 1. The van der Waals surface area contributed by atoms with Gasteiger partial charge in [-0.2, -0.15) is 4.31 Å². The third kappa shape index (κ3) is 2.93. The van der Waals surface area contributed by atoms with Crippen LogP contribution >= 0.6 is 0 Å². The Labute approximate surface area is 119 Å². The fourth-order valence-corrected chi connectivity index (χ4v) is 4.02. The molecule has 0 bridgehead atoms. The summed E-state index contributed by atoms with van der Waals surface area (Å²) in [5.41, 5.74) is 2.34. The molecule has 1 aromatic rings. The Morgan fingerprint density at radius 1 is 1.40 bits per heavy atom. The molecule has 0 spiro atoms. The Morgan fingerprint density at radius 3 is 2.60 bits per heavy atom. The number of hydrogen-bond donors (Lipinski definition) is 2. The summed E-state index contributed by atoms with van der Waals surface area (Å²) in [6.45, 7) is 1.04. The predicted molar refractivity (Wildman–Crippen MR) is 77.5 cm³/mol. The van der Waals surface area contributed by atoms with Gasteiger partial charge in [0.15, 0.2) is 5.82 Å². The van der Waals surface area contributed by atoms with Gasteiger partial charge in [0.25, 0.3) is 0 Å². The van der Waals surface area contributed by atoms with Crippen LogP contribution in [0.25, 0.3) is 0 Å². The fraction of sp³-hybridized carbons (Fsp3) is 0.583. The molecule has 8 heteroatoms. The van der Waals surface area contributed by atoms with Gasteiger partial charge in [-0.25, -0.2) is 19.2 Å². The van der Waals surface area contributed by atoms with Gasteiger partial charge in [-0.1, -0.05) is 0 Å². The second-order valence-corrected chi connectivity index (χ2v) is 7.00. The van der Waals surface area contributed by atoms with Crippen LogP contribution in [0.5, 0.6) is 0 Å². The van der Waals surface area contributed by atoms with E-state index in [-0.39, 0.29) is 10.7 Å². The van der Waals surface area contributed by atoms with E-state index in [0.29, 0.717) is 19.1 Å². The van der Waals surface area contributed by atoms with Crippen LogP contribution in [-0.4, -0.2) is 55.8 Å². The molecule has 7 nitrogen and oxygen atoms in total. The lowest BCUT2D eigenvalue weighted by atomic mass is 10.1. The molecular formula is C12H21N5O2S. The number of piperidine rings is 1. The highest BCUT2D eigenvalue weighted by molar-refractivity contribution is 7.89. The Morgan fingerprint density at radius 2 is 2.05 bits per heavy atom. The monoisotopic (exact) mass is 299 g/mol. The van der Waals surface area contributed by atoms with Gasteiger partial charge in [0, 0.05) is 25.3 Å². The average molecular weight is 299 g/mol. The molecular weight excluding hydrogens is 278 g/mol. The molecule has 2 rings (SSSR count). The molecule has 0 atom stereocenters. The number of hydrogen-bond acceptors (Lipinski definition) is 6. The highest BCUT2D eigenvalue weighted by atomic mass is 32.2. The number of rotatable bonds is 4. The van der Waals surface area contributed by atoms with Crippen molar-refractivity contribution in [3.05, 3.63) is 18.3 Å². The van der Waals surface area contributed by atoms with E-state index in [2.05, 4.69) is 15.3 Å². The maximum absolute atomic E-state index is 12.6. The number of aromatic nitrogens is 1. The van der Waals surface area contributed by atoms with Crippen LogP contribution < -0.4 is 11.3 Å². The van der Waals surface area contributed by atoms with Crippen molar-refractivity contribution in [2.45, 2.75) is 23.8 Å². The van der Waals surface area contributed by atoms with Gasteiger partial charge < -0.3 is 10.3 Å². The smallest absolute Gasteiger partial charge is 0.246 e. The summed E-state index contributed by atoms with van der Waals surface area (Å²) < 4.78 is 26.7. The SMILES string of the molecule is CN(C)C1CCN(S(=O)(=O)c2cccnc2NN)CC1. The third-order valence-corrected chi connectivity index (χ3v) is 5.61. The van der Waals surface area contributed by atoms with Crippen LogP contribution in [0.4, 0.5) is 5.82 Å². The molecule has 0 aliphatic carbocycles. The van der Waals surface area contributed by atoms with Gasteiger partial charge >= 0.3 is 0 Å². The van der Waals surface area contributed by atoms with Crippen LogP contribution in [0, 0.1) is 0 Å². The number of nitrogens with zero attached hydrogens (tertiary/aromatic N) is 3. The summed E-state index contributed by atoms with van der Waals surface area (Å²) >= 11 is 0. The first-order valence-electron chi connectivity index (χ1n) is 6.55. The summed E-state index contributed by atoms with van der Waals surface area (Å²) in [6, 6.07) is 3.55. The highest BCUT2D eigenvalue weighted by Gasteiger charge is 2.31. The standard InChI is InChI=1S/C12H21N5O2S/c1-16(2)10-5-8-17(9-6-10)20(18,19)11-4-3-7-14-12(11)15-13/h3-4,7,10H,5-6,8-9,13H2,1-2H3,(H,14,15). The average Bonchev–Trinajstić information content (AvgIpc) is 2.47. The number of nitrogens with one attached hydrogen (secondary N) is 1. The van der Waals surface area contributed by atoms with Crippen molar-refractivity contribution in [2.75, 3.05) is 32.6 Å². The van der Waals surface area contributed by atoms with Gasteiger partial charge in [-0.3, -0.25) is 0 Å². The predicted octanol–water partition coefficient (Wildman–Crippen LogP) is 0.0819. The molecule has 1 aromatic heterocycles. The van der Waals surface area contributed by atoms with Crippen LogP contribution in [0.3, 0.4) is 0 Å². The van der Waals surface area contributed by atoms with Gasteiger partial charge in [-0.15, -0.1) is 0 Å². The van der Waals surface area contributed by atoms with Crippen molar-refractivity contribution in [3.8, 4) is 0 Å². The maximum Gasteiger partial charge on any atom is 0.246 e. The Hall–Kier alpha value is -1.22. The minimum atomic E-state index is -3.54. The first-order valence-corrected chi connectivity index (χ1v) is 7.99. The first-order chi connectivity index (χ1) is 9.46. The van der Waals surface area contributed by atoms with Crippen molar-refractivity contribution < 1.29 is 8.42 Å². The van der Waals surface area contributed by atoms with Gasteiger partial charge in [-0.05, 0) is 39.1 Å². The van der Waals surface area contributed by atoms with E-state index in [1.54, 1.807) is 6.07 Å². The van der Waals surface area contributed by atoms with E-state index >= 15 is 0 Å². The maximum atomic E-state index is 12.6. The molecule has 1 saturated heterocycles. The van der Waals surface area contributed by atoms with E-state index in [4.69, 9.17) is 5.84 Å². The first kappa shape index (κ1) is 15.2. The molecule has 3 N–H and O–H groups in total. The highest BCUT2D eigenvalue weighted by Crippen LogP contribution is 2.25. The molecule has 112 valence electrons. The van der Waals surface area contributed by atoms with Crippen molar-refractivity contribution in [1.29, 1.82) is 0 Å². The van der Waals surface area contributed by atoms with Gasteiger partial charge in [0.2, 0.25) is 10.0 Å². The molecule has 0 saturated carbocycles. The summed E-state index contributed by atoms with van der Waals surface area (Å²) in [5, 5.41) is 0. The molecule has 0 radical (unpaired) electrons. The fourth-order valence-electron chi connectivity index (χ4n) is 2.45. The lowest BCUT2D eigenvalue weighted by Crippen LogP contribution is -2.44. The molecule has 20 heavy (non-hydrogen) atoms. The van der Waals surface area contributed by atoms with Crippen molar-refractivity contribution in [3.63, 3.8) is 0 Å². The van der Waals surface area contributed by atoms with E-state index in [1.165, 1.54) is 16.6 Å². The van der Waals surface area contributed by atoms with Crippen LogP contribution in [-0.2, 0) is 10.0 Å². The molecule has 1 fully saturated rings. The second kappa shape index (κ2) is 6.04. The normalized spacial score (nSPS) is 18.4. The number of sulfonamides is 1. The van der Waals surface area contributed by atoms with Crippen LogP contribution in [0.15, 0.2) is 23.2 Å². The lowest BCUT2D eigenvalue weighted by molar-refractivity contribution is 0.196. The lowest BCUT2D eigenvalue weighted by Gasteiger charge is -2.34. The zero-order valence-corrected chi connectivity index (χ0v) is 12.6. The molecule has 0 unspecified atom stereocenters. The van der Waals surface area contributed by atoms with E-state index in [9.17, 15) is 8.42 Å². The number of anilines is 1. The zero-order valence-electron chi connectivity index (χ0n) is 11.8. The Balaban J connectivity index is 2.20. The second-order valence-electron chi connectivity index (χ2n) is 5.09. The quantitative estimate of drug-likeness (QED) is 0.604. The van der Waals surface area contributed by atoms with E-state index < -0.39 is 10.0 Å². The van der Waals surface area contributed by atoms with Gasteiger partial charge in [0.05, 0.1) is 0 Å². The van der Waals surface area contributed by atoms with E-state index in [0.717, 1.165) is 12.8 Å². The summed E-state index contributed by atoms with van der Waals surface area (Å²) in [6.07, 6.45) is 3.17. The summed E-state index contributed by atoms with van der Waals surface area (Å²) in [4.78, 5) is 6.22. The van der Waals surface area contributed by atoms with Crippen LogP contribution in [0.2, 0.25) is 0 Å². The minimum Gasteiger partial charge on any atom is -0.307 e. The summed E-state index contributed by atoms with van der Waals surface area (Å²) in [5.74, 6) is 5.52. The third-order valence-electron chi connectivity index (χ3n) is 3.68. The van der Waals surface area contributed by atoms with Gasteiger partial charge in [0.1, 0.15) is 4.90 Å². The zero-order chi connectivity index (χ0) is 14.8. The largest absolute Gasteiger partial charge is 0.307 e. The Kier molecular flexibility index (Phi) is 4.59. The van der Waals surface area contributed by atoms with Crippen LogP contribution in [0.1, 0.15) is 12.8 Å².